The number of aryl methyl sites for hydroxylation is 2. The van der Waals surface area contributed by atoms with Crippen LogP contribution in [0.2, 0.25) is 0 Å². The van der Waals surface area contributed by atoms with Crippen LogP contribution < -0.4 is 14.4 Å². The van der Waals surface area contributed by atoms with Gasteiger partial charge in [-0.25, -0.2) is 0 Å². The maximum absolute atomic E-state index is 10.1. The van der Waals surface area contributed by atoms with Crippen LogP contribution >= 0.6 is 0 Å². The fraction of sp³-hybridized carbons (Fsp3) is 0.407. The first-order chi connectivity index (χ1) is 16.2. The molecule has 0 atom stereocenters. The van der Waals surface area contributed by atoms with Gasteiger partial charge in [-0.15, -0.1) is 0 Å². The molecule has 5 rings (SSSR count). The molecule has 0 bridgehead atoms. The second-order valence-corrected chi connectivity index (χ2v) is 9.01. The van der Waals surface area contributed by atoms with Gasteiger partial charge in [-0.1, -0.05) is 18.2 Å². The smallest absolute Gasteiger partial charge is 0.161 e. The number of ether oxygens (including phenoxy) is 2. The molecule has 2 aliphatic rings. The van der Waals surface area contributed by atoms with Crippen LogP contribution in [0.1, 0.15) is 36.8 Å². The predicted octanol–water partition coefficient (Wildman–Crippen LogP) is 4.97. The molecule has 0 spiro atoms. The first-order valence-corrected chi connectivity index (χ1v) is 11.9. The van der Waals surface area contributed by atoms with E-state index in [1.807, 2.05) is 42.2 Å². The number of piperidine rings is 1. The average molecular weight is 443 g/mol. The number of hydrogen-bond acceptors (Lipinski definition) is 5. The minimum absolute atomic E-state index is 0.554. The standard InChI is InChI=1S/C27H30N4O2/c1-30-19-21(18-29-30)5-2-4-20-10-12-31(13-11-20)25-7-3-6-23(24(25)17-28)22-8-9-26-27(16-22)33-15-14-32-26/h3,6-9,16,18-20H,2,4-5,10-15H2,1H3. The molecular weight excluding hydrogens is 412 g/mol. The lowest BCUT2D eigenvalue weighted by Crippen LogP contribution is -2.34. The number of rotatable bonds is 6. The lowest BCUT2D eigenvalue weighted by Gasteiger charge is -2.34. The summed E-state index contributed by atoms with van der Waals surface area (Å²) < 4.78 is 13.3. The fourth-order valence-corrected chi connectivity index (χ4v) is 5.03. The summed E-state index contributed by atoms with van der Waals surface area (Å²) in [7, 11) is 1.97. The van der Waals surface area contributed by atoms with Crippen molar-refractivity contribution in [3.05, 3.63) is 59.9 Å². The number of nitrogens with zero attached hydrogens (tertiary/aromatic N) is 4. The molecule has 0 amide bonds. The van der Waals surface area contributed by atoms with Crippen molar-refractivity contribution in [3.63, 3.8) is 0 Å². The molecule has 0 unspecified atom stereocenters. The van der Waals surface area contributed by atoms with Crippen LogP contribution in [0.5, 0.6) is 11.5 Å². The van der Waals surface area contributed by atoms with Crippen LogP contribution in [0.15, 0.2) is 48.8 Å². The van der Waals surface area contributed by atoms with Gasteiger partial charge < -0.3 is 14.4 Å². The van der Waals surface area contributed by atoms with Gasteiger partial charge in [0.2, 0.25) is 0 Å². The van der Waals surface area contributed by atoms with E-state index in [2.05, 4.69) is 34.4 Å². The van der Waals surface area contributed by atoms with Gasteiger partial charge in [0.25, 0.3) is 0 Å². The van der Waals surface area contributed by atoms with E-state index >= 15 is 0 Å². The molecule has 3 heterocycles. The van der Waals surface area contributed by atoms with Gasteiger partial charge in [-0.3, -0.25) is 4.68 Å². The van der Waals surface area contributed by atoms with Crippen LogP contribution in [0.3, 0.4) is 0 Å². The Bertz CT molecular complexity index is 1160. The van der Waals surface area contributed by atoms with Gasteiger partial charge in [0, 0.05) is 31.9 Å². The van der Waals surface area contributed by atoms with Gasteiger partial charge in [-0.2, -0.15) is 10.4 Å². The maximum atomic E-state index is 10.1. The van der Waals surface area contributed by atoms with E-state index in [0.29, 0.717) is 13.2 Å². The number of anilines is 1. The molecule has 0 N–H and O–H groups in total. The van der Waals surface area contributed by atoms with Gasteiger partial charge in [0.1, 0.15) is 19.3 Å². The number of aromatic nitrogens is 2. The normalized spacial score (nSPS) is 15.9. The summed E-state index contributed by atoms with van der Waals surface area (Å²) in [5.74, 6) is 2.27. The topological polar surface area (TPSA) is 63.3 Å². The van der Waals surface area contributed by atoms with Crippen molar-refractivity contribution in [1.29, 1.82) is 5.26 Å². The van der Waals surface area contributed by atoms with E-state index in [1.165, 1.54) is 31.2 Å². The Labute approximate surface area is 195 Å². The zero-order valence-electron chi connectivity index (χ0n) is 19.2. The Morgan fingerprint density at radius 2 is 1.91 bits per heavy atom. The zero-order valence-corrected chi connectivity index (χ0v) is 19.2. The molecule has 3 aromatic rings. The van der Waals surface area contributed by atoms with Gasteiger partial charge in [-0.05, 0) is 67.3 Å². The van der Waals surface area contributed by atoms with E-state index in [1.54, 1.807) is 0 Å². The molecular formula is C27H30N4O2. The lowest BCUT2D eigenvalue weighted by molar-refractivity contribution is 0.171. The van der Waals surface area contributed by atoms with E-state index < -0.39 is 0 Å². The summed E-state index contributed by atoms with van der Waals surface area (Å²) in [6, 6.07) is 14.6. The summed E-state index contributed by atoms with van der Waals surface area (Å²) in [6.07, 6.45) is 9.99. The number of nitriles is 1. The molecule has 2 aromatic carbocycles. The molecule has 33 heavy (non-hydrogen) atoms. The Morgan fingerprint density at radius 3 is 2.67 bits per heavy atom. The third-order valence-electron chi connectivity index (χ3n) is 6.80. The Morgan fingerprint density at radius 1 is 1.09 bits per heavy atom. The van der Waals surface area contributed by atoms with Crippen molar-refractivity contribution in [2.75, 3.05) is 31.2 Å². The first-order valence-electron chi connectivity index (χ1n) is 11.9. The quantitative estimate of drug-likeness (QED) is 0.539. The lowest BCUT2D eigenvalue weighted by atomic mass is 9.90. The van der Waals surface area contributed by atoms with Crippen molar-refractivity contribution in [2.24, 2.45) is 13.0 Å². The predicted molar refractivity (Wildman–Crippen MR) is 129 cm³/mol. The number of fused-ring (bicyclic) bond motifs is 1. The second kappa shape index (κ2) is 9.58. The molecule has 0 saturated carbocycles. The first kappa shape index (κ1) is 21.4. The van der Waals surface area contributed by atoms with E-state index in [9.17, 15) is 5.26 Å². The zero-order chi connectivity index (χ0) is 22.6. The summed E-state index contributed by atoms with van der Waals surface area (Å²) in [4.78, 5) is 2.39. The summed E-state index contributed by atoms with van der Waals surface area (Å²) >= 11 is 0. The Hall–Kier alpha value is -3.46. The summed E-state index contributed by atoms with van der Waals surface area (Å²) in [6.45, 7) is 3.12. The molecule has 1 saturated heterocycles. The van der Waals surface area contributed by atoms with Crippen LogP contribution in [0.25, 0.3) is 11.1 Å². The maximum Gasteiger partial charge on any atom is 0.161 e. The highest BCUT2D eigenvalue weighted by atomic mass is 16.6. The van der Waals surface area contributed by atoms with Crippen molar-refractivity contribution >= 4 is 5.69 Å². The molecule has 1 fully saturated rings. The monoisotopic (exact) mass is 442 g/mol. The van der Waals surface area contributed by atoms with Gasteiger partial charge in [0.15, 0.2) is 11.5 Å². The third-order valence-corrected chi connectivity index (χ3v) is 6.80. The molecule has 1 aromatic heterocycles. The number of benzene rings is 2. The minimum atomic E-state index is 0.554. The summed E-state index contributed by atoms with van der Waals surface area (Å²) in [5, 5.41) is 14.3. The molecule has 2 aliphatic heterocycles. The van der Waals surface area contributed by atoms with Crippen LogP contribution in [-0.4, -0.2) is 36.1 Å². The molecule has 0 radical (unpaired) electrons. The van der Waals surface area contributed by atoms with Gasteiger partial charge >= 0.3 is 0 Å². The highest BCUT2D eigenvalue weighted by molar-refractivity contribution is 5.79. The highest BCUT2D eigenvalue weighted by Gasteiger charge is 2.23. The Balaban J connectivity index is 1.25. The largest absolute Gasteiger partial charge is 0.486 e. The van der Waals surface area contributed by atoms with E-state index in [0.717, 1.165) is 59.3 Å². The molecule has 6 heteroatoms. The van der Waals surface area contributed by atoms with E-state index in [-0.39, 0.29) is 0 Å². The van der Waals surface area contributed by atoms with Crippen molar-refractivity contribution in [1.82, 2.24) is 9.78 Å². The SMILES string of the molecule is Cn1cc(CCCC2CCN(c3cccc(-c4ccc5c(c4)OCCO5)c3C#N)CC2)cn1. The van der Waals surface area contributed by atoms with Crippen molar-refractivity contribution < 1.29 is 9.47 Å². The minimum Gasteiger partial charge on any atom is -0.486 e. The number of hydrogen-bond donors (Lipinski definition) is 0. The van der Waals surface area contributed by atoms with Crippen molar-refractivity contribution in [2.45, 2.75) is 32.1 Å². The fourth-order valence-electron chi connectivity index (χ4n) is 5.03. The van der Waals surface area contributed by atoms with E-state index in [4.69, 9.17) is 9.47 Å². The van der Waals surface area contributed by atoms with Crippen LogP contribution in [-0.2, 0) is 13.5 Å². The molecule has 6 nitrogen and oxygen atoms in total. The highest BCUT2D eigenvalue weighted by Crippen LogP contribution is 2.38. The van der Waals surface area contributed by atoms with Crippen LogP contribution in [0.4, 0.5) is 5.69 Å². The second-order valence-electron chi connectivity index (χ2n) is 9.01. The average Bonchev–Trinajstić information content (AvgIpc) is 3.28. The molecule has 170 valence electrons. The third kappa shape index (κ3) is 4.68. The molecule has 0 aliphatic carbocycles. The van der Waals surface area contributed by atoms with Crippen molar-refractivity contribution in [3.8, 4) is 28.7 Å². The van der Waals surface area contributed by atoms with Gasteiger partial charge in [0.05, 0.1) is 17.4 Å². The van der Waals surface area contributed by atoms with Crippen LogP contribution in [0, 0.1) is 17.2 Å². The Kier molecular flexibility index (Phi) is 6.21. The summed E-state index contributed by atoms with van der Waals surface area (Å²) in [5.41, 5.74) is 5.04.